The van der Waals surface area contributed by atoms with Gasteiger partial charge < -0.3 is 14.2 Å². The number of ether oxygens (including phenoxy) is 3. The topological polar surface area (TPSA) is 27.7 Å². The second-order valence-corrected chi connectivity index (χ2v) is 5.76. The van der Waals surface area contributed by atoms with Crippen LogP contribution in [0.15, 0.2) is 18.2 Å². The third kappa shape index (κ3) is 3.14. The van der Waals surface area contributed by atoms with Gasteiger partial charge >= 0.3 is 0 Å². The molecule has 0 amide bonds. The third-order valence-corrected chi connectivity index (χ3v) is 4.35. The van der Waals surface area contributed by atoms with Gasteiger partial charge in [0.25, 0.3) is 0 Å². The van der Waals surface area contributed by atoms with Crippen molar-refractivity contribution in [1.29, 1.82) is 0 Å². The minimum Gasteiger partial charge on any atom is -0.373 e. The van der Waals surface area contributed by atoms with Crippen LogP contribution in [-0.4, -0.2) is 25.1 Å². The van der Waals surface area contributed by atoms with E-state index in [1.54, 1.807) is 6.07 Å². The van der Waals surface area contributed by atoms with E-state index in [1.807, 2.05) is 0 Å². The van der Waals surface area contributed by atoms with Crippen molar-refractivity contribution in [2.45, 2.75) is 44.2 Å². The van der Waals surface area contributed by atoms with E-state index < -0.39 is 0 Å². The molecule has 1 spiro atoms. The van der Waals surface area contributed by atoms with Crippen molar-refractivity contribution in [3.8, 4) is 0 Å². The van der Waals surface area contributed by atoms with E-state index in [0.717, 1.165) is 31.2 Å². The van der Waals surface area contributed by atoms with Gasteiger partial charge in [0.05, 0.1) is 25.9 Å². The number of halogens is 2. The smallest absolute Gasteiger partial charge is 0.168 e. The van der Waals surface area contributed by atoms with Gasteiger partial charge in [-0.15, -0.1) is 0 Å². The fourth-order valence-corrected chi connectivity index (χ4v) is 3.05. The molecular formula is C15H18ClFO3. The SMILES string of the molecule is Fc1ccc(COC2CCC3(CC2)OCCO3)c(Cl)c1. The summed E-state index contributed by atoms with van der Waals surface area (Å²) >= 11 is 5.99. The Hall–Kier alpha value is -0.680. The first-order valence-electron chi connectivity index (χ1n) is 7.00. The summed E-state index contributed by atoms with van der Waals surface area (Å²) in [5.41, 5.74) is 0.821. The van der Waals surface area contributed by atoms with E-state index in [1.165, 1.54) is 12.1 Å². The minimum atomic E-state index is -0.354. The van der Waals surface area contributed by atoms with E-state index in [2.05, 4.69) is 0 Å². The molecule has 1 aliphatic carbocycles. The Kier molecular flexibility index (Phi) is 4.26. The van der Waals surface area contributed by atoms with Crippen LogP contribution in [0, 0.1) is 5.82 Å². The van der Waals surface area contributed by atoms with Crippen molar-refractivity contribution in [2.75, 3.05) is 13.2 Å². The van der Waals surface area contributed by atoms with Gasteiger partial charge in [-0.05, 0) is 30.5 Å². The van der Waals surface area contributed by atoms with Crippen LogP contribution in [0.3, 0.4) is 0 Å². The van der Waals surface area contributed by atoms with Gasteiger partial charge in [-0.3, -0.25) is 0 Å². The lowest BCUT2D eigenvalue weighted by molar-refractivity contribution is -0.192. The highest BCUT2D eigenvalue weighted by Crippen LogP contribution is 2.37. The predicted octanol–water partition coefficient (Wildman–Crippen LogP) is 3.68. The Morgan fingerprint density at radius 1 is 1.25 bits per heavy atom. The van der Waals surface area contributed by atoms with Crippen molar-refractivity contribution in [3.05, 3.63) is 34.6 Å². The van der Waals surface area contributed by atoms with Crippen molar-refractivity contribution < 1.29 is 18.6 Å². The van der Waals surface area contributed by atoms with Crippen LogP contribution in [0.5, 0.6) is 0 Å². The molecule has 1 heterocycles. The Morgan fingerprint density at radius 2 is 1.95 bits per heavy atom. The van der Waals surface area contributed by atoms with Crippen LogP contribution >= 0.6 is 11.6 Å². The summed E-state index contributed by atoms with van der Waals surface area (Å²) in [4.78, 5) is 0. The van der Waals surface area contributed by atoms with Crippen LogP contribution in [-0.2, 0) is 20.8 Å². The summed E-state index contributed by atoms with van der Waals surface area (Å²) in [6.07, 6.45) is 3.76. The molecule has 1 aromatic rings. The van der Waals surface area contributed by atoms with E-state index in [0.29, 0.717) is 24.8 Å². The summed E-state index contributed by atoms with van der Waals surface area (Å²) < 4.78 is 30.2. The first kappa shape index (κ1) is 14.3. The van der Waals surface area contributed by atoms with Crippen molar-refractivity contribution in [2.24, 2.45) is 0 Å². The standard InChI is InChI=1S/C15H18ClFO3/c16-14-9-12(17)2-1-11(14)10-18-13-3-5-15(6-4-13)19-7-8-20-15/h1-2,9,13H,3-8,10H2. The number of hydrogen-bond donors (Lipinski definition) is 0. The van der Waals surface area contributed by atoms with Crippen LogP contribution in [0.25, 0.3) is 0 Å². The van der Waals surface area contributed by atoms with Gasteiger partial charge in [0.1, 0.15) is 5.82 Å². The van der Waals surface area contributed by atoms with E-state index in [4.69, 9.17) is 25.8 Å². The van der Waals surface area contributed by atoms with Gasteiger partial charge in [0.15, 0.2) is 5.79 Å². The molecule has 1 saturated heterocycles. The van der Waals surface area contributed by atoms with Gasteiger partial charge in [-0.1, -0.05) is 17.7 Å². The molecule has 5 heteroatoms. The Bertz CT molecular complexity index is 464. The zero-order valence-corrected chi connectivity index (χ0v) is 12.0. The molecule has 1 aliphatic heterocycles. The van der Waals surface area contributed by atoms with Crippen molar-refractivity contribution in [3.63, 3.8) is 0 Å². The molecule has 110 valence electrons. The largest absolute Gasteiger partial charge is 0.373 e. The molecule has 20 heavy (non-hydrogen) atoms. The van der Waals surface area contributed by atoms with Crippen LogP contribution in [0.1, 0.15) is 31.2 Å². The molecule has 0 atom stereocenters. The third-order valence-electron chi connectivity index (χ3n) is 4.00. The Morgan fingerprint density at radius 3 is 2.60 bits per heavy atom. The number of hydrogen-bond acceptors (Lipinski definition) is 3. The second kappa shape index (κ2) is 5.98. The summed E-state index contributed by atoms with van der Waals surface area (Å²) in [5.74, 6) is -0.679. The molecule has 1 saturated carbocycles. The number of rotatable bonds is 3. The zero-order valence-electron chi connectivity index (χ0n) is 11.2. The van der Waals surface area contributed by atoms with Gasteiger partial charge in [-0.2, -0.15) is 0 Å². The summed E-state index contributed by atoms with van der Waals surface area (Å²) in [6, 6.07) is 4.39. The highest BCUT2D eigenvalue weighted by Gasteiger charge is 2.40. The lowest BCUT2D eigenvalue weighted by Gasteiger charge is -2.35. The Balaban J connectivity index is 1.50. The quantitative estimate of drug-likeness (QED) is 0.852. The first-order chi connectivity index (χ1) is 9.67. The molecule has 0 N–H and O–H groups in total. The molecule has 0 aromatic heterocycles. The van der Waals surface area contributed by atoms with Crippen LogP contribution in [0.4, 0.5) is 4.39 Å². The maximum atomic E-state index is 13.0. The van der Waals surface area contributed by atoms with Gasteiger partial charge in [0.2, 0.25) is 0 Å². The first-order valence-corrected chi connectivity index (χ1v) is 7.38. The van der Waals surface area contributed by atoms with E-state index in [9.17, 15) is 4.39 Å². The highest BCUT2D eigenvalue weighted by molar-refractivity contribution is 6.31. The summed E-state index contributed by atoms with van der Waals surface area (Å²) in [5, 5.41) is 0.416. The van der Waals surface area contributed by atoms with E-state index >= 15 is 0 Å². The monoisotopic (exact) mass is 300 g/mol. The highest BCUT2D eigenvalue weighted by atomic mass is 35.5. The van der Waals surface area contributed by atoms with Crippen LogP contribution < -0.4 is 0 Å². The summed E-state index contributed by atoms with van der Waals surface area (Å²) in [6.45, 7) is 1.80. The normalized spacial score (nSPS) is 22.5. The maximum absolute atomic E-state index is 13.0. The van der Waals surface area contributed by atoms with E-state index in [-0.39, 0.29) is 17.7 Å². The average Bonchev–Trinajstić information content (AvgIpc) is 2.88. The molecule has 2 fully saturated rings. The molecule has 1 aromatic carbocycles. The summed E-state index contributed by atoms with van der Waals surface area (Å²) in [7, 11) is 0. The fourth-order valence-electron chi connectivity index (χ4n) is 2.83. The molecule has 2 aliphatic rings. The molecule has 3 nitrogen and oxygen atoms in total. The van der Waals surface area contributed by atoms with Crippen molar-refractivity contribution >= 4 is 11.6 Å². The molecular weight excluding hydrogens is 283 g/mol. The van der Waals surface area contributed by atoms with Crippen molar-refractivity contribution in [1.82, 2.24) is 0 Å². The van der Waals surface area contributed by atoms with Gasteiger partial charge in [0, 0.05) is 17.9 Å². The average molecular weight is 301 g/mol. The minimum absolute atomic E-state index is 0.189. The Labute approximate surface area is 123 Å². The molecule has 0 radical (unpaired) electrons. The predicted molar refractivity (Wildman–Crippen MR) is 73.1 cm³/mol. The molecule has 0 bridgehead atoms. The zero-order chi connectivity index (χ0) is 14.0. The van der Waals surface area contributed by atoms with Gasteiger partial charge in [-0.25, -0.2) is 4.39 Å². The lowest BCUT2D eigenvalue weighted by Crippen LogP contribution is -2.37. The van der Waals surface area contributed by atoms with Crippen LogP contribution in [0.2, 0.25) is 5.02 Å². The fraction of sp³-hybridized carbons (Fsp3) is 0.600. The molecule has 3 rings (SSSR count). The molecule has 0 unspecified atom stereocenters. The second-order valence-electron chi connectivity index (χ2n) is 5.35. The maximum Gasteiger partial charge on any atom is 0.168 e. The number of benzene rings is 1. The lowest BCUT2D eigenvalue weighted by atomic mass is 9.92.